The van der Waals surface area contributed by atoms with Crippen molar-refractivity contribution in [1.82, 2.24) is 24.6 Å². The second kappa shape index (κ2) is 8.47. The topological polar surface area (TPSA) is 85.1 Å². The number of carbonyl (C=O) groups excluding carboxylic acids is 1. The lowest BCUT2D eigenvalue weighted by molar-refractivity contribution is 0.0929. The zero-order valence-electron chi connectivity index (χ0n) is 18.9. The van der Waals surface area contributed by atoms with Gasteiger partial charge in [0.05, 0.1) is 22.9 Å². The van der Waals surface area contributed by atoms with Crippen LogP contribution in [0, 0.1) is 12.8 Å². The standard InChI is InChI=1S/C24H26N6O2S/c1-4-16-12-29(20-11-10-18-23(27-20)33-14-25-18)13-19(16)26-22(31)21-15(2)28(3)30(24(21)32)17-8-6-5-7-9-17/h5-11,14,16,19H,4,12-13H2,1-3H3,(H,26,31). The van der Waals surface area contributed by atoms with E-state index >= 15 is 0 Å². The Labute approximate surface area is 195 Å². The Morgan fingerprint density at radius 1 is 1.18 bits per heavy atom. The number of fused-ring (bicyclic) bond motifs is 1. The van der Waals surface area contributed by atoms with Crippen molar-refractivity contribution >= 4 is 33.4 Å². The summed E-state index contributed by atoms with van der Waals surface area (Å²) in [5.74, 6) is 0.844. The lowest BCUT2D eigenvalue weighted by atomic mass is 10.0. The molecule has 9 heteroatoms. The molecular weight excluding hydrogens is 436 g/mol. The summed E-state index contributed by atoms with van der Waals surface area (Å²) in [7, 11) is 1.80. The molecule has 3 aromatic heterocycles. The van der Waals surface area contributed by atoms with Gasteiger partial charge in [-0.05, 0) is 43.5 Å². The molecular formula is C24H26N6O2S. The fourth-order valence-corrected chi connectivity index (χ4v) is 5.28. The third kappa shape index (κ3) is 3.72. The minimum atomic E-state index is -0.320. The molecule has 2 unspecified atom stereocenters. The van der Waals surface area contributed by atoms with Gasteiger partial charge in [0.2, 0.25) is 0 Å². The normalized spacial score (nSPS) is 18.2. The van der Waals surface area contributed by atoms with E-state index in [1.54, 1.807) is 17.2 Å². The number of aromatic nitrogens is 4. The number of anilines is 1. The Bertz CT molecular complexity index is 1370. The fourth-order valence-electron chi connectivity index (χ4n) is 4.62. The number of pyridine rings is 1. The Balaban J connectivity index is 1.40. The molecule has 8 nitrogen and oxygen atoms in total. The second-order valence-electron chi connectivity index (χ2n) is 8.44. The molecule has 0 radical (unpaired) electrons. The molecule has 1 amide bonds. The van der Waals surface area contributed by atoms with E-state index in [4.69, 9.17) is 4.98 Å². The van der Waals surface area contributed by atoms with Gasteiger partial charge in [-0.2, -0.15) is 0 Å². The average molecular weight is 463 g/mol. The van der Waals surface area contributed by atoms with Gasteiger partial charge >= 0.3 is 0 Å². The average Bonchev–Trinajstić information content (AvgIpc) is 3.50. The van der Waals surface area contributed by atoms with Gasteiger partial charge in [-0.15, -0.1) is 11.3 Å². The van der Waals surface area contributed by atoms with Crippen molar-refractivity contribution in [1.29, 1.82) is 0 Å². The molecule has 1 aliphatic heterocycles. The van der Waals surface area contributed by atoms with Crippen LogP contribution < -0.4 is 15.8 Å². The van der Waals surface area contributed by atoms with E-state index in [0.717, 1.165) is 34.8 Å². The Hall–Kier alpha value is -3.46. The van der Waals surface area contributed by atoms with Gasteiger partial charge in [0, 0.05) is 20.1 Å². The van der Waals surface area contributed by atoms with Gasteiger partial charge in [-0.25, -0.2) is 14.6 Å². The maximum atomic E-state index is 13.3. The van der Waals surface area contributed by atoms with E-state index in [9.17, 15) is 9.59 Å². The van der Waals surface area contributed by atoms with Gasteiger partial charge in [-0.1, -0.05) is 25.1 Å². The lowest BCUT2D eigenvalue weighted by Gasteiger charge is -2.18. The summed E-state index contributed by atoms with van der Waals surface area (Å²) in [6.45, 7) is 5.40. The summed E-state index contributed by atoms with van der Waals surface area (Å²) < 4.78 is 3.27. The van der Waals surface area contributed by atoms with E-state index < -0.39 is 0 Å². The molecule has 4 aromatic rings. The van der Waals surface area contributed by atoms with Crippen molar-refractivity contribution < 1.29 is 4.79 Å². The summed E-state index contributed by atoms with van der Waals surface area (Å²) in [5, 5.41) is 3.16. The number of para-hydroxylation sites is 1. The van der Waals surface area contributed by atoms with Crippen LogP contribution >= 0.6 is 11.3 Å². The predicted molar refractivity (Wildman–Crippen MR) is 130 cm³/mol. The predicted octanol–water partition coefficient (Wildman–Crippen LogP) is 3.13. The first-order chi connectivity index (χ1) is 16.0. The Morgan fingerprint density at radius 3 is 2.73 bits per heavy atom. The van der Waals surface area contributed by atoms with Gasteiger partial charge in [0.15, 0.2) is 0 Å². The molecule has 0 spiro atoms. The monoisotopic (exact) mass is 462 g/mol. The van der Waals surface area contributed by atoms with E-state index in [2.05, 4.69) is 22.1 Å². The minimum absolute atomic E-state index is 0.0642. The molecule has 1 fully saturated rings. The summed E-state index contributed by atoms with van der Waals surface area (Å²) in [5.41, 5.74) is 3.96. The molecule has 1 N–H and O–H groups in total. The van der Waals surface area contributed by atoms with Crippen molar-refractivity contribution in [2.24, 2.45) is 13.0 Å². The van der Waals surface area contributed by atoms with Crippen LogP contribution in [0.25, 0.3) is 16.0 Å². The maximum Gasteiger partial charge on any atom is 0.284 e. The number of rotatable bonds is 5. The number of hydrogen-bond acceptors (Lipinski definition) is 6. The highest BCUT2D eigenvalue weighted by Gasteiger charge is 2.35. The number of nitrogens with zero attached hydrogens (tertiary/aromatic N) is 5. The largest absolute Gasteiger partial charge is 0.354 e. The summed E-state index contributed by atoms with van der Waals surface area (Å²) in [4.78, 5) is 38.7. The first kappa shape index (κ1) is 21.4. The second-order valence-corrected chi connectivity index (χ2v) is 9.27. The molecule has 1 saturated heterocycles. The van der Waals surface area contributed by atoms with Gasteiger partial charge in [-0.3, -0.25) is 14.3 Å². The van der Waals surface area contributed by atoms with Crippen molar-refractivity contribution in [2.45, 2.75) is 26.3 Å². The molecule has 4 heterocycles. The summed E-state index contributed by atoms with van der Waals surface area (Å²) in [6, 6.07) is 13.3. The third-order valence-corrected chi connectivity index (χ3v) is 7.30. The molecule has 33 heavy (non-hydrogen) atoms. The number of hydrogen-bond donors (Lipinski definition) is 1. The van der Waals surface area contributed by atoms with Gasteiger partial charge in [0.1, 0.15) is 21.7 Å². The highest BCUT2D eigenvalue weighted by Crippen LogP contribution is 2.27. The van der Waals surface area contributed by atoms with Crippen LogP contribution in [0.4, 0.5) is 5.82 Å². The molecule has 1 aromatic carbocycles. The number of nitrogens with one attached hydrogen (secondary N) is 1. The van der Waals surface area contributed by atoms with Crippen molar-refractivity contribution in [2.75, 3.05) is 18.0 Å². The lowest BCUT2D eigenvalue weighted by Crippen LogP contribution is -2.42. The number of thiazole rings is 1. The minimum Gasteiger partial charge on any atom is -0.354 e. The zero-order valence-corrected chi connectivity index (χ0v) is 19.7. The number of benzene rings is 1. The molecule has 1 aliphatic rings. The highest BCUT2D eigenvalue weighted by atomic mass is 32.1. The first-order valence-electron chi connectivity index (χ1n) is 11.1. The fraction of sp³-hybridized carbons (Fsp3) is 0.333. The van der Waals surface area contributed by atoms with E-state index in [1.165, 1.54) is 16.0 Å². The van der Waals surface area contributed by atoms with Gasteiger partial charge in [0.25, 0.3) is 11.5 Å². The van der Waals surface area contributed by atoms with Gasteiger partial charge < -0.3 is 10.2 Å². The van der Waals surface area contributed by atoms with Crippen LogP contribution in [0.15, 0.2) is 52.8 Å². The Kier molecular flexibility index (Phi) is 5.49. The Morgan fingerprint density at radius 2 is 1.97 bits per heavy atom. The van der Waals surface area contributed by atoms with Crippen LogP contribution in [0.1, 0.15) is 29.4 Å². The smallest absolute Gasteiger partial charge is 0.284 e. The number of amides is 1. The molecule has 5 rings (SSSR count). The zero-order chi connectivity index (χ0) is 23.1. The van der Waals surface area contributed by atoms with Crippen LogP contribution in [0.3, 0.4) is 0 Å². The van der Waals surface area contributed by atoms with Crippen molar-refractivity contribution in [3.05, 3.63) is 69.6 Å². The van der Waals surface area contributed by atoms with Crippen LogP contribution in [-0.4, -0.2) is 44.4 Å². The quantitative estimate of drug-likeness (QED) is 0.493. The van der Waals surface area contributed by atoms with E-state index in [0.29, 0.717) is 12.2 Å². The van der Waals surface area contributed by atoms with E-state index in [-0.39, 0.29) is 29.0 Å². The van der Waals surface area contributed by atoms with E-state index in [1.807, 2.05) is 49.4 Å². The molecule has 0 bridgehead atoms. The number of carbonyl (C=O) groups is 1. The van der Waals surface area contributed by atoms with Crippen molar-refractivity contribution in [3.8, 4) is 5.69 Å². The first-order valence-corrected chi connectivity index (χ1v) is 12.0. The molecule has 170 valence electrons. The third-order valence-electron chi connectivity index (χ3n) is 6.57. The van der Waals surface area contributed by atoms with Crippen molar-refractivity contribution in [3.63, 3.8) is 0 Å². The summed E-state index contributed by atoms with van der Waals surface area (Å²) in [6.07, 6.45) is 0.923. The molecule has 2 atom stereocenters. The SMILES string of the molecule is CCC1CN(c2ccc3ncsc3n2)CC1NC(=O)c1c(C)n(C)n(-c2ccccc2)c1=O. The molecule has 0 saturated carbocycles. The van der Waals surface area contributed by atoms with Crippen LogP contribution in [0.2, 0.25) is 0 Å². The highest BCUT2D eigenvalue weighted by molar-refractivity contribution is 7.16. The van der Waals surface area contributed by atoms with Crippen LogP contribution in [-0.2, 0) is 7.05 Å². The molecule has 0 aliphatic carbocycles. The summed E-state index contributed by atoms with van der Waals surface area (Å²) >= 11 is 1.52. The van der Waals surface area contributed by atoms with Crippen LogP contribution in [0.5, 0.6) is 0 Å². The maximum absolute atomic E-state index is 13.3.